The van der Waals surface area contributed by atoms with Crippen molar-refractivity contribution in [2.45, 2.75) is 6.92 Å². The fourth-order valence-corrected chi connectivity index (χ4v) is 2.16. The summed E-state index contributed by atoms with van der Waals surface area (Å²) < 4.78 is 4.98. The zero-order valence-corrected chi connectivity index (χ0v) is 13.0. The fraction of sp³-hybridized carbons (Fsp3) is 0.0625. The number of amides is 1. The number of rotatable bonds is 4. The van der Waals surface area contributed by atoms with Gasteiger partial charge in [-0.05, 0) is 37.3 Å². The van der Waals surface area contributed by atoms with Crippen LogP contribution in [0.2, 0.25) is 5.02 Å². The zero-order chi connectivity index (χ0) is 16.2. The Bertz CT molecular complexity index is 847. The van der Waals surface area contributed by atoms with Gasteiger partial charge in [0.2, 0.25) is 0 Å². The molecule has 3 aromatic rings. The Labute approximate surface area is 137 Å². The minimum absolute atomic E-state index is 0.273. The van der Waals surface area contributed by atoms with Crippen molar-refractivity contribution in [2.24, 2.45) is 0 Å². The van der Waals surface area contributed by atoms with E-state index in [1.165, 1.54) is 0 Å². The van der Waals surface area contributed by atoms with Gasteiger partial charge in [0.15, 0.2) is 5.82 Å². The first-order valence-corrected chi connectivity index (χ1v) is 7.21. The lowest BCUT2D eigenvalue weighted by atomic mass is 10.2. The number of hydrogen-bond acceptors (Lipinski definition) is 5. The minimum Gasteiger partial charge on any atom is -0.360 e. The van der Waals surface area contributed by atoms with Crippen LogP contribution in [-0.4, -0.2) is 16.0 Å². The number of pyridine rings is 1. The average Bonchev–Trinajstić information content (AvgIpc) is 2.92. The maximum atomic E-state index is 12.3. The molecule has 0 radical (unpaired) electrons. The van der Waals surface area contributed by atoms with Crippen molar-refractivity contribution >= 4 is 34.7 Å². The molecule has 0 aliphatic carbocycles. The van der Waals surface area contributed by atoms with E-state index in [1.807, 2.05) is 0 Å². The van der Waals surface area contributed by atoms with Crippen molar-refractivity contribution in [2.75, 3.05) is 10.6 Å². The maximum Gasteiger partial charge on any atom is 0.274 e. The predicted molar refractivity (Wildman–Crippen MR) is 88.2 cm³/mol. The Morgan fingerprint density at radius 3 is 2.78 bits per heavy atom. The van der Waals surface area contributed by atoms with Gasteiger partial charge in [0.1, 0.15) is 11.5 Å². The number of carbonyl (C=O) groups is 1. The normalized spacial score (nSPS) is 10.3. The van der Waals surface area contributed by atoms with Crippen LogP contribution >= 0.6 is 11.6 Å². The summed E-state index contributed by atoms with van der Waals surface area (Å²) in [5.41, 5.74) is 1.56. The number of aromatic nitrogens is 2. The predicted octanol–water partition coefficient (Wildman–Crippen LogP) is 4.03. The van der Waals surface area contributed by atoms with Crippen LogP contribution < -0.4 is 10.6 Å². The van der Waals surface area contributed by atoms with Crippen molar-refractivity contribution in [3.63, 3.8) is 0 Å². The summed E-state index contributed by atoms with van der Waals surface area (Å²) in [5, 5.41) is 10.2. The summed E-state index contributed by atoms with van der Waals surface area (Å²) >= 11 is 5.90. The molecule has 0 aliphatic rings. The third-order valence-electron chi connectivity index (χ3n) is 2.98. The molecule has 2 heterocycles. The number of hydrogen-bond donors (Lipinski definition) is 2. The van der Waals surface area contributed by atoms with E-state index < -0.39 is 0 Å². The van der Waals surface area contributed by atoms with Crippen LogP contribution in [-0.2, 0) is 0 Å². The molecule has 116 valence electrons. The summed E-state index contributed by atoms with van der Waals surface area (Å²) in [6, 6.07) is 12.0. The molecule has 1 amide bonds. The second-order valence-corrected chi connectivity index (χ2v) is 5.28. The van der Waals surface area contributed by atoms with Crippen LogP contribution in [0.1, 0.15) is 16.2 Å². The van der Waals surface area contributed by atoms with Gasteiger partial charge in [-0.15, -0.1) is 0 Å². The number of anilines is 3. The van der Waals surface area contributed by atoms with Gasteiger partial charge in [-0.3, -0.25) is 9.78 Å². The van der Waals surface area contributed by atoms with Gasteiger partial charge in [-0.25, -0.2) is 0 Å². The molecule has 1 aromatic carbocycles. The van der Waals surface area contributed by atoms with E-state index in [0.29, 0.717) is 28.0 Å². The molecule has 0 unspecified atom stereocenters. The number of benzene rings is 1. The van der Waals surface area contributed by atoms with E-state index in [2.05, 4.69) is 20.8 Å². The Morgan fingerprint density at radius 1 is 1.17 bits per heavy atom. The average molecular weight is 329 g/mol. The van der Waals surface area contributed by atoms with Crippen molar-refractivity contribution in [3.8, 4) is 0 Å². The molecular formula is C16H13ClN4O2. The summed E-state index contributed by atoms with van der Waals surface area (Å²) in [7, 11) is 0. The highest BCUT2D eigenvalue weighted by Gasteiger charge is 2.09. The molecule has 0 saturated heterocycles. The number of halogens is 1. The fourth-order valence-electron chi connectivity index (χ4n) is 1.97. The quantitative estimate of drug-likeness (QED) is 0.756. The van der Waals surface area contributed by atoms with Crippen LogP contribution in [0.4, 0.5) is 17.2 Å². The Hall–Kier alpha value is -2.86. The molecule has 0 saturated carbocycles. The first-order valence-electron chi connectivity index (χ1n) is 6.83. The van der Waals surface area contributed by atoms with Crippen LogP contribution in [0.5, 0.6) is 0 Å². The van der Waals surface area contributed by atoms with E-state index in [0.717, 1.165) is 0 Å². The van der Waals surface area contributed by atoms with Gasteiger partial charge in [0, 0.05) is 28.7 Å². The standard InChI is InChI=1S/C16H13ClN4O2/c1-10-7-15(21-23-10)19-13-5-6-18-14(9-13)16(22)20-12-4-2-3-11(17)8-12/h2-9H,1H3,(H,20,22)(H,18,19,21). The number of nitrogens with zero attached hydrogens (tertiary/aromatic N) is 2. The van der Waals surface area contributed by atoms with E-state index in [-0.39, 0.29) is 11.6 Å². The summed E-state index contributed by atoms with van der Waals surface area (Å²) in [6.07, 6.45) is 1.54. The largest absolute Gasteiger partial charge is 0.360 e. The van der Waals surface area contributed by atoms with Crippen molar-refractivity contribution < 1.29 is 9.32 Å². The number of carbonyl (C=O) groups excluding carboxylic acids is 1. The zero-order valence-electron chi connectivity index (χ0n) is 12.2. The third kappa shape index (κ3) is 3.87. The van der Waals surface area contributed by atoms with Gasteiger partial charge < -0.3 is 15.2 Å². The summed E-state index contributed by atoms with van der Waals surface area (Å²) in [4.78, 5) is 16.3. The van der Waals surface area contributed by atoms with Crippen molar-refractivity contribution in [1.82, 2.24) is 10.1 Å². The lowest BCUT2D eigenvalue weighted by Crippen LogP contribution is -2.13. The molecular weight excluding hydrogens is 316 g/mol. The van der Waals surface area contributed by atoms with E-state index in [9.17, 15) is 4.79 Å². The molecule has 0 aliphatic heterocycles. The molecule has 7 heteroatoms. The Kier molecular flexibility index (Phi) is 4.25. The lowest BCUT2D eigenvalue weighted by molar-refractivity contribution is 0.102. The van der Waals surface area contributed by atoms with Crippen LogP contribution in [0.25, 0.3) is 0 Å². The molecule has 2 N–H and O–H groups in total. The van der Waals surface area contributed by atoms with Gasteiger partial charge in [0.25, 0.3) is 5.91 Å². The Morgan fingerprint density at radius 2 is 2.04 bits per heavy atom. The van der Waals surface area contributed by atoms with Crippen LogP contribution in [0.15, 0.2) is 53.2 Å². The first-order chi connectivity index (χ1) is 11.1. The lowest BCUT2D eigenvalue weighted by Gasteiger charge is -2.07. The first kappa shape index (κ1) is 15.1. The summed E-state index contributed by atoms with van der Waals surface area (Å²) in [6.45, 7) is 1.80. The van der Waals surface area contributed by atoms with Gasteiger partial charge in [0.05, 0.1) is 0 Å². The summed E-state index contributed by atoms with van der Waals surface area (Å²) in [5.74, 6) is 0.933. The number of nitrogens with one attached hydrogen (secondary N) is 2. The molecule has 6 nitrogen and oxygen atoms in total. The van der Waals surface area contributed by atoms with E-state index in [1.54, 1.807) is 55.6 Å². The molecule has 23 heavy (non-hydrogen) atoms. The monoisotopic (exact) mass is 328 g/mol. The van der Waals surface area contributed by atoms with Gasteiger partial charge >= 0.3 is 0 Å². The molecule has 0 fully saturated rings. The highest BCUT2D eigenvalue weighted by Crippen LogP contribution is 2.18. The topological polar surface area (TPSA) is 80.0 Å². The SMILES string of the molecule is Cc1cc(Nc2ccnc(C(=O)Nc3cccc(Cl)c3)c2)no1. The van der Waals surface area contributed by atoms with E-state index >= 15 is 0 Å². The number of aryl methyl sites for hydroxylation is 1. The van der Waals surface area contributed by atoms with Crippen LogP contribution in [0.3, 0.4) is 0 Å². The highest BCUT2D eigenvalue weighted by atomic mass is 35.5. The smallest absolute Gasteiger partial charge is 0.274 e. The Balaban J connectivity index is 1.75. The van der Waals surface area contributed by atoms with Crippen molar-refractivity contribution in [3.05, 3.63) is 65.1 Å². The van der Waals surface area contributed by atoms with Crippen molar-refractivity contribution in [1.29, 1.82) is 0 Å². The second kappa shape index (κ2) is 6.50. The molecule has 0 bridgehead atoms. The van der Waals surface area contributed by atoms with Gasteiger partial charge in [-0.2, -0.15) is 0 Å². The second-order valence-electron chi connectivity index (χ2n) is 4.84. The van der Waals surface area contributed by atoms with Crippen LogP contribution in [0, 0.1) is 6.92 Å². The maximum absolute atomic E-state index is 12.3. The molecule has 0 spiro atoms. The molecule has 0 atom stereocenters. The molecule has 3 rings (SSSR count). The minimum atomic E-state index is -0.327. The third-order valence-corrected chi connectivity index (χ3v) is 3.21. The highest BCUT2D eigenvalue weighted by molar-refractivity contribution is 6.30. The van der Waals surface area contributed by atoms with Gasteiger partial charge in [-0.1, -0.05) is 22.8 Å². The van der Waals surface area contributed by atoms with E-state index in [4.69, 9.17) is 16.1 Å². The molecule has 2 aromatic heterocycles.